The van der Waals surface area contributed by atoms with Crippen molar-refractivity contribution >= 4 is 28.8 Å². The standard InChI is InChI=1S/C28H29N5O3/c34-25-4-3-5-26(35)33(25)32-17-19-14-18(6-9-23(19)28(32)36)24-15-20(16-30-11-1-2-12-30)22-10-13-31(21-7-8-21)27(22)29-24/h6,9-10,13-15,21H,1-5,7-8,11-12,16-17H2. The van der Waals surface area contributed by atoms with Crippen molar-refractivity contribution in [3.63, 3.8) is 0 Å². The maximum atomic E-state index is 13.1. The molecule has 36 heavy (non-hydrogen) atoms. The number of hydrogen-bond acceptors (Lipinski definition) is 5. The minimum absolute atomic E-state index is 0.223. The molecule has 4 aliphatic rings. The van der Waals surface area contributed by atoms with Crippen LogP contribution < -0.4 is 0 Å². The number of aromatic nitrogens is 2. The van der Waals surface area contributed by atoms with Gasteiger partial charge in [0.2, 0.25) is 11.8 Å². The van der Waals surface area contributed by atoms with Gasteiger partial charge in [0.1, 0.15) is 5.65 Å². The molecule has 0 N–H and O–H groups in total. The maximum absolute atomic E-state index is 13.1. The second kappa shape index (κ2) is 8.27. The number of fused-ring (bicyclic) bond motifs is 2. The molecule has 3 aliphatic heterocycles. The molecule has 0 unspecified atom stereocenters. The van der Waals surface area contributed by atoms with E-state index in [1.54, 1.807) is 0 Å². The van der Waals surface area contributed by atoms with Crippen LogP contribution in [0.3, 0.4) is 0 Å². The molecule has 0 radical (unpaired) electrons. The number of imide groups is 1. The van der Waals surface area contributed by atoms with E-state index in [1.807, 2.05) is 18.2 Å². The van der Waals surface area contributed by atoms with E-state index in [0.717, 1.165) is 47.1 Å². The monoisotopic (exact) mass is 483 g/mol. The van der Waals surface area contributed by atoms with Crippen molar-refractivity contribution in [3.8, 4) is 11.3 Å². The third kappa shape index (κ3) is 3.54. The number of carbonyl (C=O) groups is 3. The fourth-order valence-electron chi connectivity index (χ4n) is 5.94. The molecular weight excluding hydrogens is 454 g/mol. The maximum Gasteiger partial charge on any atom is 0.273 e. The van der Waals surface area contributed by atoms with Gasteiger partial charge in [-0.25, -0.2) is 9.99 Å². The highest BCUT2D eigenvalue weighted by Crippen LogP contribution is 2.39. The van der Waals surface area contributed by atoms with Crippen LogP contribution in [0.4, 0.5) is 0 Å². The lowest BCUT2D eigenvalue weighted by molar-refractivity contribution is -0.163. The van der Waals surface area contributed by atoms with Crippen molar-refractivity contribution in [2.75, 3.05) is 13.1 Å². The summed E-state index contributed by atoms with van der Waals surface area (Å²) in [4.78, 5) is 45.6. The summed E-state index contributed by atoms with van der Waals surface area (Å²) in [7, 11) is 0. The summed E-state index contributed by atoms with van der Waals surface area (Å²) in [6.07, 6.45) is 8.21. The van der Waals surface area contributed by atoms with Gasteiger partial charge in [0.05, 0.1) is 12.2 Å². The number of nitrogens with zero attached hydrogens (tertiary/aromatic N) is 5. The predicted octanol–water partition coefficient (Wildman–Crippen LogP) is 4.04. The van der Waals surface area contributed by atoms with Gasteiger partial charge in [-0.1, -0.05) is 6.07 Å². The molecule has 1 aromatic carbocycles. The van der Waals surface area contributed by atoms with Crippen LogP contribution >= 0.6 is 0 Å². The highest BCUT2D eigenvalue weighted by atomic mass is 16.2. The van der Waals surface area contributed by atoms with E-state index in [4.69, 9.17) is 4.98 Å². The zero-order chi connectivity index (χ0) is 24.4. The Balaban J connectivity index is 1.26. The lowest BCUT2D eigenvalue weighted by atomic mass is 10.0. The number of amides is 3. The number of rotatable bonds is 5. The summed E-state index contributed by atoms with van der Waals surface area (Å²) in [5.74, 6) is -0.889. The molecule has 3 aromatic rings. The molecule has 0 atom stereocenters. The number of pyridine rings is 1. The molecule has 0 bridgehead atoms. The van der Waals surface area contributed by atoms with Crippen LogP contribution in [0.2, 0.25) is 0 Å². The Kier molecular flexibility index (Phi) is 4.99. The van der Waals surface area contributed by atoms with Gasteiger partial charge in [-0.2, -0.15) is 5.01 Å². The SMILES string of the molecule is O=C1c2ccc(-c3cc(CN4CCCC4)c4ccn(C5CC5)c4n3)cc2CN1N1C(=O)CCCC1=O. The van der Waals surface area contributed by atoms with E-state index in [0.29, 0.717) is 30.9 Å². The van der Waals surface area contributed by atoms with Crippen molar-refractivity contribution < 1.29 is 14.4 Å². The van der Waals surface area contributed by atoms with Gasteiger partial charge in [0.25, 0.3) is 5.91 Å². The summed E-state index contributed by atoms with van der Waals surface area (Å²) in [6, 6.07) is 10.7. The van der Waals surface area contributed by atoms with Gasteiger partial charge >= 0.3 is 0 Å². The van der Waals surface area contributed by atoms with Gasteiger partial charge in [0, 0.05) is 48.1 Å². The third-order valence-corrected chi connectivity index (χ3v) is 7.98. The van der Waals surface area contributed by atoms with Crippen LogP contribution in [-0.2, 0) is 22.7 Å². The Morgan fingerprint density at radius 1 is 0.917 bits per heavy atom. The van der Waals surface area contributed by atoms with Crippen molar-refractivity contribution in [1.29, 1.82) is 0 Å². The lowest BCUT2D eigenvalue weighted by Crippen LogP contribution is -2.51. The first-order valence-corrected chi connectivity index (χ1v) is 13.1. The number of benzene rings is 1. The van der Waals surface area contributed by atoms with Crippen LogP contribution in [0.1, 0.15) is 72.5 Å². The van der Waals surface area contributed by atoms with Crippen molar-refractivity contribution in [3.05, 3.63) is 53.2 Å². The molecule has 184 valence electrons. The summed E-state index contributed by atoms with van der Waals surface area (Å²) in [5.41, 5.74) is 5.55. The fraction of sp³-hybridized carbons (Fsp3) is 0.429. The average molecular weight is 484 g/mol. The molecule has 3 amide bonds. The van der Waals surface area contributed by atoms with Crippen molar-refractivity contribution in [2.24, 2.45) is 0 Å². The predicted molar refractivity (Wildman–Crippen MR) is 134 cm³/mol. The van der Waals surface area contributed by atoms with E-state index < -0.39 is 0 Å². The molecule has 2 saturated heterocycles. The largest absolute Gasteiger partial charge is 0.329 e. The number of hydrogen-bond donors (Lipinski definition) is 0. The summed E-state index contributed by atoms with van der Waals surface area (Å²) < 4.78 is 2.32. The molecule has 2 aromatic heterocycles. The van der Waals surface area contributed by atoms with Crippen LogP contribution in [0.15, 0.2) is 36.5 Å². The Labute approximate surface area is 209 Å². The Bertz CT molecular complexity index is 1400. The molecule has 8 heteroatoms. The summed E-state index contributed by atoms with van der Waals surface area (Å²) in [6.45, 7) is 3.40. The zero-order valence-electron chi connectivity index (χ0n) is 20.3. The van der Waals surface area contributed by atoms with Gasteiger partial charge in [-0.05, 0) is 80.6 Å². The normalized spacial score (nSPS) is 20.7. The summed E-state index contributed by atoms with van der Waals surface area (Å²) in [5, 5.41) is 3.60. The molecule has 3 fully saturated rings. The van der Waals surface area contributed by atoms with Crippen LogP contribution in [0.25, 0.3) is 22.3 Å². The Morgan fingerprint density at radius 3 is 2.44 bits per heavy atom. The second-order valence-corrected chi connectivity index (χ2v) is 10.5. The number of piperidine rings is 1. The topological polar surface area (TPSA) is 78.8 Å². The zero-order valence-corrected chi connectivity index (χ0v) is 20.3. The molecule has 1 saturated carbocycles. The minimum Gasteiger partial charge on any atom is -0.329 e. The Morgan fingerprint density at radius 2 is 1.69 bits per heavy atom. The first kappa shape index (κ1) is 21.7. The first-order chi connectivity index (χ1) is 17.6. The van der Waals surface area contributed by atoms with Crippen molar-refractivity contribution in [2.45, 2.75) is 64.1 Å². The van der Waals surface area contributed by atoms with E-state index >= 15 is 0 Å². The molecule has 7 rings (SSSR count). The fourth-order valence-corrected chi connectivity index (χ4v) is 5.94. The van der Waals surface area contributed by atoms with Gasteiger partial charge < -0.3 is 4.57 Å². The van der Waals surface area contributed by atoms with E-state index in [2.05, 4.69) is 27.8 Å². The highest BCUT2D eigenvalue weighted by Gasteiger charge is 2.39. The van der Waals surface area contributed by atoms with Crippen molar-refractivity contribution in [1.82, 2.24) is 24.5 Å². The van der Waals surface area contributed by atoms with Crippen LogP contribution in [-0.4, -0.2) is 55.3 Å². The molecular formula is C28H29N5O3. The van der Waals surface area contributed by atoms with E-state index in [-0.39, 0.29) is 24.3 Å². The van der Waals surface area contributed by atoms with Crippen LogP contribution in [0.5, 0.6) is 0 Å². The quantitative estimate of drug-likeness (QED) is 0.512. The summed E-state index contributed by atoms with van der Waals surface area (Å²) >= 11 is 0. The molecule has 5 heterocycles. The van der Waals surface area contributed by atoms with Gasteiger partial charge in [0.15, 0.2) is 0 Å². The number of hydrazine groups is 1. The van der Waals surface area contributed by atoms with Crippen LogP contribution in [0, 0.1) is 0 Å². The van der Waals surface area contributed by atoms with E-state index in [1.165, 1.54) is 41.6 Å². The third-order valence-electron chi connectivity index (χ3n) is 7.98. The first-order valence-electron chi connectivity index (χ1n) is 13.1. The molecule has 1 aliphatic carbocycles. The number of likely N-dealkylation sites (tertiary alicyclic amines) is 1. The number of carbonyl (C=O) groups excluding carboxylic acids is 3. The highest BCUT2D eigenvalue weighted by molar-refractivity contribution is 6.04. The second-order valence-electron chi connectivity index (χ2n) is 10.5. The smallest absolute Gasteiger partial charge is 0.273 e. The Hall–Kier alpha value is -3.52. The minimum atomic E-state index is -0.299. The molecule has 8 nitrogen and oxygen atoms in total. The van der Waals surface area contributed by atoms with Gasteiger partial charge in [-0.3, -0.25) is 19.3 Å². The van der Waals surface area contributed by atoms with E-state index in [9.17, 15) is 14.4 Å². The average Bonchev–Trinajstić information content (AvgIpc) is 3.26. The lowest BCUT2D eigenvalue weighted by Gasteiger charge is -2.32. The molecule has 0 spiro atoms. The van der Waals surface area contributed by atoms with Gasteiger partial charge in [-0.15, -0.1) is 0 Å².